The molecule has 0 radical (unpaired) electrons. The van der Waals surface area contributed by atoms with Crippen LogP contribution in [-0.2, 0) is 0 Å². The Hall–Kier alpha value is -1.06. The van der Waals surface area contributed by atoms with Crippen LogP contribution < -0.4 is 11.1 Å². The molecule has 2 fully saturated rings. The van der Waals surface area contributed by atoms with Crippen molar-refractivity contribution in [3.8, 4) is 0 Å². The molecule has 0 aromatic carbocycles. The summed E-state index contributed by atoms with van der Waals surface area (Å²) in [5.74, 6) is 1.66. The molecule has 26 heavy (non-hydrogen) atoms. The zero-order valence-electron chi connectivity index (χ0n) is 16.9. The molecule has 0 unspecified atom stereocenters. The van der Waals surface area contributed by atoms with Crippen molar-refractivity contribution in [1.29, 1.82) is 5.41 Å². The number of hydrogen-bond acceptors (Lipinski definition) is 2. The molecule has 0 bridgehead atoms. The van der Waals surface area contributed by atoms with Crippen molar-refractivity contribution in [3.05, 3.63) is 0 Å². The highest BCUT2D eigenvalue weighted by Gasteiger charge is 2.17. The minimum atomic E-state index is 0.336. The van der Waals surface area contributed by atoms with Gasteiger partial charge in [-0.05, 0) is 38.5 Å². The van der Waals surface area contributed by atoms with Crippen molar-refractivity contribution < 1.29 is 0 Å². The van der Waals surface area contributed by atoms with Crippen LogP contribution in [-0.4, -0.2) is 23.8 Å². The van der Waals surface area contributed by atoms with E-state index in [1.165, 1.54) is 102 Å². The minimum absolute atomic E-state index is 0.336. The van der Waals surface area contributed by atoms with Gasteiger partial charge in [-0.3, -0.25) is 10.4 Å². The monoisotopic (exact) mass is 362 g/mol. The van der Waals surface area contributed by atoms with Crippen LogP contribution in [0.25, 0.3) is 0 Å². The first-order valence-electron chi connectivity index (χ1n) is 11.4. The molecule has 4 nitrogen and oxygen atoms in total. The smallest absolute Gasteiger partial charge is 0.0968 e. The molecule has 2 aliphatic carbocycles. The van der Waals surface area contributed by atoms with Crippen molar-refractivity contribution in [3.63, 3.8) is 0 Å². The molecule has 0 aliphatic heterocycles. The Bertz CT molecular complexity index is 406. The molecule has 4 heteroatoms. The van der Waals surface area contributed by atoms with Crippen LogP contribution in [0.15, 0.2) is 4.99 Å². The topological polar surface area (TPSA) is 74.3 Å². The van der Waals surface area contributed by atoms with Crippen LogP contribution in [0.4, 0.5) is 0 Å². The van der Waals surface area contributed by atoms with Gasteiger partial charge in [0, 0.05) is 18.9 Å². The van der Waals surface area contributed by atoms with E-state index in [1.807, 2.05) is 0 Å². The summed E-state index contributed by atoms with van der Waals surface area (Å²) in [5.41, 5.74) is 5.40. The summed E-state index contributed by atoms with van der Waals surface area (Å²) >= 11 is 0. The highest BCUT2D eigenvalue weighted by Crippen LogP contribution is 2.22. The van der Waals surface area contributed by atoms with Crippen LogP contribution in [0.5, 0.6) is 0 Å². The van der Waals surface area contributed by atoms with Gasteiger partial charge in [-0.2, -0.15) is 0 Å². The average Bonchev–Trinajstić information content (AvgIpc) is 2.65. The third-order valence-electron chi connectivity index (χ3n) is 6.00. The number of amidine groups is 2. The number of unbranched alkanes of at least 4 members (excludes halogenated alkanes) is 5. The highest BCUT2D eigenvalue weighted by atomic mass is 15.0. The van der Waals surface area contributed by atoms with E-state index >= 15 is 0 Å². The van der Waals surface area contributed by atoms with Crippen LogP contribution in [0, 0.1) is 5.41 Å². The summed E-state index contributed by atoms with van der Waals surface area (Å²) in [4.78, 5) is 5.16. The fourth-order valence-electron chi connectivity index (χ4n) is 4.40. The molecular weight excluding hydrogens is 320 g/mol. The highest BCUT2D eigenvalue weighted by molar-refractivity contribution is 5.82. The van der Waals surface area contributed by atoms with Crippen LogP contribution >= 0.6 is 0 Å². The molecule has 4 N–H and O–H groups in total. The fraction of sp³-hybridized carbons (Fsp3) is 0.909. The van der Waals surface area contributed by atoms with Crippen LogP contribution in [0.1, 0.15) is 116 Å². The number of rotatable bonds is 11. The summed E-state index contributed by atoms with van der Waals surface area (Å²) in [6.45, 7) is 0. The lowest BCUT2D eigenvalue weighted by Crippen LogP contribution is -2.37. The van der Waals surface area contributed by atoms with Crippen molar-refractivity contribution in [2.45, 2.75) is 128 Å². The second-order valence-electron chi connectivity index (χ2n) is 8.49. The molecule has 0 aromatic heterocycles. The molecule has 150 valence electrons. The first-order chi connectivity index (χ1) is 12.7. The number of hydrogen-bond donors (Lipinski definition) is 3. The maximum atomic E-state index is 7.26. The predicted molar refractivity (Wildman–Crippen MR) is 113 cm³/mol. The molecule has 2 saturated carbocycles. The first kappa shape index (κ1) is 21.2. The van der Waals surface area contributed by atoms with Gasteiger partial charge in [0.1, 0.15) is 0 Å². The lowest BCUT2D eigenvalue weighted by atomic mass is 9.94. The normalized spacial score (nSPS) is 20.2. The second kappa shape index (κ2) is 13.2. The quantitative estimate of drug-likeness (QED) is 0.251. The van der Waals surface area contributed by atoms with Crippen LogP contribution in [0.3, 0.4) is 0 Å². The standard InChI is InChI=1S/C22H42N4/c23-21(24)17-11-3-1-2-4-12-18-22(25-19-13-7-5-8-14-19)26-20-15-9-6-10-16-20/h19-20H,1-18H2,(H3,23,24)(H,25,26). The van der Waals surface area contributed by atoms with E-state index in [0.29, 0.717) is 17.9 Å². The summed E-state index contributed by atoms with van der Waals surface area (Å²) in [7, 11) is 0. The van der Waals surface area contributed by atoms with Gasteiger partial charge >= 0.3 is 0 Å². The van der Waals surface area contributed by atoms with E-state index in [2.05, 4.69) is 5.32 Å². The number of aliphatic imine (C=N–C) groups is 1. The molecule has 0 heterocycles. The van der Waals surface area contributed by atoms with E-state index in [-0.39, 0.29) is 0 Å². The molecule has 0 saturated heterocycles. The maximum absolute atomic E-state index is 7.26. The molecule has 0 spiro atoms. The third-order valence-corrected chi connectivity index (χ3v) is 6.00. The van der Waals surface area contributed by atoms with E-state index in [4.69, 9.17) is 16.1 Å². The summed E-state index contributed by atoms with van der Waals surface area (Å²) in [6.07, 6.45) is 22.9. The molecule has 0 atom stereocenters. The number of nitrogens with two attached hydrogens (primary N) is 1. The van der Waals surface area contributed by atoms with Crippen molar-refractivity contribution in [2.75, 3.05) is 0 Å². The van der Waals surface area contributed by atoms with E-state index < -0.39 is 0 Å². The van der Waals surface area contributed by atoms with Gasteiger partial charge in [0.05, 0.1) is 17.7 Å². The Kier molecular flexibility index (Phi) is 10.8. The number of nitrogens with zero attached hydrogens (tertiary/aromatic N) is 1. The van der Waals surface area contributed by atoms with Gasteiger partial charge in [0.15, 0.2) is 0 Å². The maximum Gasteiger partial charge on any atom is 0.0968 e. The van der Waals surface area contributed by atoms with Crippen molar-refractivity contribution in [1.82, 2.24) is 5.32 Å². The molecule has 2 aliphatic rings. The predicted octanol–water partition coefficient (Wildman–Crippen LogP) is 5.70. The van der Waals surface area contributed by atoms with Gasteiger partial charge in [-0.1, -0.05) is 64.2 Å². The Balaban J connectivity index is 1.67. The first-order valence-corrected chi connectivity index (χ1v) is 11.4. The van der Waals surface area contributed by atoms with E-state index in [1.54, 1.807) is 0 Å². The van der Waals surface area contributed by atoms with E-state index in [0.717, 1.165) is 19.3 Å². The lowest BCUT2D eigenvalue weighted by molar-refractivity contribution is 0.405. The lowest BCUT2D eigenvalue weighted by Gasteiger charge is -2.26. The molecule has 2 rings (SSSR count). The van der Waals surface area contributed by atoms with Gasteiger partial charge < -0.3 is 11.1 Å². The van der Waals surface area contributed by atoms with Crippen molar-refractivity contribution >= 4 is 11.7 Å². The Morgan fingerprint density at radius 2 is 1.31 bits per heavy atom. The Labute approximate surface area is 161 Å². The zero-order valence-corrected chi connectivity index (χ0v) is 16.9. The fourth-order valence-corrected chi connectivity index (χ4v) is 4.40. The van der Waals surface area contributed by atoms with Gasteiger partial charge in [0.25, 0.3) is 0 Å². The zero-order chi connectivity index (χ0) is 18.5. The summed E-state index contributed by atoms with van der Waals surface area (Å²) in [6, 6.07) is 1.26. The molecule has 0 aromatic rings. The second-order valence-corrected chi connectivity index (χ2v) is 8.49. The number of nitrogens with one attached hydrogen (secondary N) is 2. The molecular formula is C22H42N4. The Morgan fingerprint density at radius 3 is 1.92 bits per heavy atom. The van der Waals surface area contributed by atoms with Crippen molar-refractivity contribution in [2.24, 2.45) is 10.7 Å². The van der Waals surface area contributed by atoms with Gasteiger partial charge in [-0.25, -0.2) is 0 Å². The minimum Gasteiger partial charge on any atom is -0.388 e. The van der Waals surface area contributed by atoms with Gasteiger partial charge in [-0.15, -0.1) is 0 Å². The summed E-state index contributed by atoms with van der Waals surface area (Å²) < 4.78 is 0. The molecule has 0 amide bonds. The van der Waals surface area contributed by atoms with Gasteiger partial charge in [0.2, 0.25) is 0 Å². The van der Waals surface area contributed by atoms with E-state index in [9.17, 15) is 0 Å². The summed E-state index contributed by atoms with van der Waals surface area (Å²) in [5, 5.41) is 11.1. The van der Waals surface area contributed by atoms with Crippen LogP contribution in [0.2, 0.25) is 0 Å². The Morgan fingerprint density at radius 1 is 0.769 bits per heavy atom. The third kappa shape index (κ3) is 9.59. The SMILES string of the molecule is N=C(N)CCCCCCCCC(=NC1CCCCC1)NC1CCCCC1. The largest absolute Gasteiger partial charge is 0.388 e. The average molecular weight is 363 g/mol.